The van der Waals surface area contributed by atoms with Crippen molar-refractivity contribution in [3.05, 3.63) is 29.8 Å². The summed E-state index contributed by atoms with van der Waals surface area (Å²) in [6.07, 6.45) is 2.40. The van der Waals surface area contributed by atoms with Crippen LogP contribution in [0.5, 0.6) is 5.75 Å². The third-order valence-electron chi connectivity index (χ3n) is 3.18. The van der Waals surface area contributed by atoms with E-state index in [2.05, 4.69) is 11.4 Å². The summed E-state index contributed by atoms with van der Waals surface area (Å²) in [5.74, 6) is 0.138. The molecule has 1 aliphatic heterocycles. The molecular weight excluding hydrogens is 230 g/mol. The highest BCUT2D eigenvalue weighted by Gasteiger charge is 2.24. The Hall–Kier alpha value is -1.55. The summed E-state index contributed by atoms with van der Waals surface area (Å²) < 4.78 is 5.76. The zero-order valence-corrected chi connectivity index (χ0v) is 10.6. The standard InChI is InChI=1S/C14H19NO3/c1-2-5-12(14(16)17)15-9-11-8-10-6-3-4-7-13(10)18-11/h3-4,6-7,11-12,15H,2,5,8-9H2,1H3,(H,16,17). The Kier molecular flexibility index (Phi) is 4.20. The molecule has 0 aromatic heterocycles. The third kappa shape index (κ3) is 3.01. The minimum atomic E-state index is -0.785. The van der Waals surface area contributed by atoms with Crippen molar-refractivity contribution in [1.29, 1.82) is 0 Å². The number of fused-ring (bicyclic) bond motifs is 1. The summed E-state index contributed by atoms with van der Waals surface area (Å²) in [4.78, 5) is 11.0. The SMILES string of the molecule is CCCC(NCC1Cc2ccccc2O1)C(=O)O. The van der Waals surface area contributed by atoms with Gasteiger partial charge in [-0.25, -0.2) is 0 Å². The van der Waals surface area contributed by atoms with Gasteiger partial charge in [0.2, 0.25) is 0 Å². The molecule has 0 saturated carbocycles. The Morgan fingerprint density at radius 2 is 2.33 bits per heavy atom. The number of carboxylic acid groups (broad SMARTS) is 1. The zero-order valence-electron chi connectivity index (χ0n) is 10.6. The lowest BCUT2D eigenvalue weighted by Crippen LogP contribution is -2.42. The van der Waals surface area contributed by atoms with E-state index < -0.39 is 12.0 Å². The number of ether oxygens (including phenoxy) is 1. The first-order valence-corrected chi connectivity index (χ1v) is 6.41. The van der Waals surface area contributed by atoms with Gasteiger partial charge in [-0.1, -0.05) is 31.5 Å². The van der Waals surface area contributed by atoms with Gasteiger partial charge in [0.1, 0.15) is 17.9 Å². The zero-order chi connectivity index (χ0) is 13.0. The number of para-hydroxylation sites is 1. The lowest BCUT2D eigenvalue weighted by Gasteiger charge is -2.17. The van der Waals surface area contributed by atoms with E-state index >= 15 is 0 Å². The molecule has 18 heavy (non-hydrogen) atoms. The van der Waals surface area contributed by atoms with E-state index in [1.54, 1.807) is 0 Å². The first-order valence-electron chi connectivity index (χ1n) is 6.41. The van der Waals surface area contributed by atoms with Crippen LogP contribution < -0.4 is 10.1 Å². The van der Waals surface area contributed by atoms with E-state index in [4.69, 9.17) is 9.84 Å². The van der Waals surface area contributed by atoms with E-state index in [9.17, 15) is 4.79 Å². The van der Waals surface area contributed by atoms with Crippen LogP contribution in [0.15, 0.2) is 24.3 Å². The Balaban J connectivity index is 1.84. The molecular formula is C14H19NO3. The van der Waals surface area contributed by atoms with Gasteiger partial charge in [0.25, 0.3) is 0 Å². The smallest absolute Gasteiger partial charge is 0.320 e. The molecule has 98 valence electrons. The molecule has 4 heteroatoms. The fourth-order valence-corrected chi connectivity index (χ4v) is 2.24. The van der Waals surface area contributed by atoms with E-state index in [0.717, 1.165) is 18.6 Å². The van der Waals surface area contributed by atoms with Crippen LogP contribution in [0.3, 0.4) is 0 Å². The highest BCUT2D eigenvalue weighted by molar-refractivity contribution is 5.73. The lowest BCUT2D eigenvalue weighted by molar-refractivity contribution is -0.139. The Bertz CT molecular complexity index is 394. The van der Waals surface area contributed by atoms with Crippen LogP contribution in [0.2, 0.25) is 0 Å². The minimum Gasteiger partial charge on any atom is -0.488 e. The molecule has 0 saturated heterocycles. The molecule has 0 bridgehead atoms. The molecule has 2 rings (SSSR count). The number of rotatable bonds is 6. The van der Waals surface area contributed by atoms with Crippen molar-refractivity contribution < 1.29 is 14.6 Å². The fraction of sp³-hybridized carbons (Fsp3) is 0.500. The molecule has 4 nitrogen and oxygen atoms in total. The number of nitrogens with one attached hydrogen (secondary N) is 1. The van der Waals surface area contributed by atoms with Crippen LogP contribution in [0.4, 0.5) is 0 Å². The molecule has 0 aliphatic carbocycles. The summed E-state index contributed by atoms with van der Waals surface area (Å²) in [5.41, 5.74) is 1.20. The van der Waals surface area contributed by atoms with Gasteiger partial charge in [-0.3, -0.25) is 4.79 Å². The van der Waals surface area contributed by atoms with Crippen LogP contribution in [0, 0.1) is 0 Å². The average molecular weight is 249 g/mol. The second kappa shape index (κ2) is 5.87. The Labute approximate surface area is 107 Å². The second-order valence-electron chi connectivity index (χ2n) is 4.64. The van der Waals surface area contributed by atoms with E-state index in [-0.39, 0.29) is 6.10 Å². The minimum absolute atomic E-state index is 0.0427. The third-order valence-corrected chi connectivity index (χ3v) is 3.18. The van der Waals surface area contributed by atoms with E-state index in [1.165, 1.54) is 5.56 Å². The second-order valence-corrected chi connectivity index (χ2v) is 4.64. The molecule has 0 radical (unpaired) electrons. The van der Waals surface area contributed by atoms with Crippen molar-refractivity contribution in [2.75, 3.05) is 6.54 Å². The summed E-state index contributed by atoms with van der Waals surface area (Å²) in [6, 6.07) is 7.48. The van der Waals surface area contributed by atoms with Crippen molar-refractivity contribution in [2.24, 2.45) is 0 Å². The van der Waals surface area contributed by atoms with Gasteiger partial charge in [0.15, 0.2) is 0 Å². The lowest BCUT2D eigenvalue weighted by atomic mass is 10.1. The summed E-state index contributed by atoms with van der Waals surface area (Å²) in [7, 11) is 0. The fourth-order valence-electron chi connectivity index (χ4n) is 2.24. The van der Waals surface area contributed by atoms with Crippen LogP contribution in [-0.4, -0.2) is 29.8 Å². The molecule has 1 aromatic rings. The van der Waals surface area contributed by atoms with Gasteiger partial charge in [-0.2, -0.15) is 0 Å². The van der Waals surface area contributed by atoms with Crippen LogP contribution >= 0.6 is 0 Å². The Morgan fingerprint density at radius 3 is 3.00 bits per heavy atom. The molecule has 2 N–H and O–H groups in total. The van der Waals surface area contributed by atoms with E-state index in [0.29, 0.717) is 13.0 Å². The van der Waals surface area contributed by atoms with Crippen molar-refractivity contribution in [2.45, 2.75) is 38.3 Å². The maximum absolute atomic E-state index is 11.0. The number of carboxylic acids is 1. The van der Waals surface area contributed by atoms with Crippen LogP contribution in [-0.2, 0) is 11.2 Å². The van der Waals surface area contributed by atoms with Crippen LogP contribution in [0.1, 0.15) is 25.3 Å². The van der Waals surface area contributed by atoms with Gasteiger partial charge in [-0.05, 0) is 18.1 Å². The first-order chi connectivity index (χ1) is 8.70. The monoisotopic (exact) mass is 249 g/mol. The van der Waals surface area contributed by atoms with Crippen molar-refractivity contribution >= 4 is 5.97 Å². The molecule has 1 aromatic carbocycles. The number of hydrogen-bond donors (Lipinski definition) is 2. The highest BCUT2D eigenvalue weighted by atomic mass is 16.5. The van der Waals surface area contributed by atoms with Crippen LogP contribution in [0.25, 0.3) is 0 Å². The molecule has 2 unspecified atom stereocenters. The van der Waals surface area contributed by atoms with Gasteiger partial charge in [0, 0.05) is 13.0 Å². The maximum Gasteiger partial charge on any atom is 0.320 e. The van der Waals surface area contributed by atoms with Crippen molar-refractivity contribution in [1.82, 2.24) is 5.32 Å². The van der Waals surface area contributed by atoms with Gasteiger partial charge < -0.3 is 15.2 Å². The number of carbonyl (C=O) groups is 1. The maximum atomic E-state index is 11.0. The van der Waals surface area contributed by atoms with Crippen molar-refractivity contribution in [3.8, 4) is 5.75 Å². The number of hydrogen-bond acceptors (Lipinski definition) is 3. The predicted molar refractivity (Wildman–Crippen MR) is 68.9 cm³/mol. The summed E-state index contributed by atoms with van der Waals surface area (Å²) in [5, 5.41) is 12.1. The van der Waals surface area contributed by atoms with Gasteiger partial charge in [-0.15, -0.1) is 0 Å². The van der Waals surface area contributed by atoms with Gasteiger partial charge >= 0.3 is 5.97 Å². The predicted octanol–water partition coefficient (Wildman–Crippen LogP) is 1.83. The summed E-state index contributed by atoms with van der Waals surface area (Å²) >= 11 is 0. The molecule has 2 atom stereocenters. The molecule has 1 aliphatic rings. The number of benzene rings is 1. The normalized spacial score (nSPS) is 19.1. The average Bonchev–Trinajstić information content (AvgIpc) is 2.76. The number of aliphatic carboxylic acids is 1. The molecule has 0 fully saturated rings. The molecule has 1 heterocycles. The summed E-state index contributed by atoms with van der Waals surface area (Å²) in [6.45, 7) is 2.56. The van der Waals surface area contributed by atoms with E-state index in [1.807, 2.05) is 25.1 Å². The molecule has 0 amide bonds. The Morgan fingerprint density at radius 1 is 1.56 bits per heavy atom. The molecule has 0 spiro atoms. The largest absolute Gasteiger partial charge is 0.488 e. The topological polar surface area (TPSA) is 58.6 Å². The van der Waals surface area contributed by atoms with Crippen molar-refractivity contribution in [3.63, 3.8) is 0 Å². The highest BCUT2D eigenvalue weighted by Crippen LogP contribution is 2.27. The van der Waals surface area contributed by atoms with Gasteiger partial charge in [0.05, 0.1) is 0 Å². The quantitative estimate of drug-likeness (QED) is 0.807. The first kappa shape index (κ1) is 12.9.